The lowest BCUT2D eigenvalue weighted by atomic mass is 10.2. The Morgan fingerprint density at radius 2 is 1.65 bits per heavy atom. The highest BCUT2D eigenvalue weighted by Crippen LogP contribution is 2.28. The number of fused-ring (bicyclic) bond motifs is 2. The molecule has 0 aliphatic rings. The summed E-state index contributed by atoms with van der Waals surface area (Å²) in [5.41, 5.74) is 0.0231. The van der Waals surface area contributed by atoms with Crippen LogP contribution in [0.3, 0.4) is 0 Å². The standard InChI is InChI=1S/C13H7ClOS.C3H8O/c14-9-5-3-7-11-12(9)13(15)8-4-1-2-6-10(8)16-11;1-3(2)4/h1-7H;3-4H,1-2H3. The molecule has 4 heteroatoms. The molecule has 3 aromatic rings. The summed E-state index contributed by atoms with van der Waals surface area (Å²) in [6, 6.07) is 13.2. The molecule has 1 heterocycles. The number of halogens is 1. The van der Waals surface area contributed by atoms with Crippen LogP contribution in [0.1, 0.15) is 13.8 Å². The number of rotatable bonds is 0. The van der Waals surface area contributed by atoms with E-state index in [0.29, 0.717) is 10.4 Å². The van der Waals surface area contributed by atoms with Crippen molar-refractivity contribution in [3.05, 3.63) is 57.7 Å². The Bertz CT molecular complexity index is 790. The monoisotopic (exact) mass is 306 g/mol. The van der Waals surface area contributed by atoms with Crippen molar-refractivity contribution in [3.8, 4) is 0 Å². The van der Waals surface area contributed by atoms with Gasteiger partial charge in [0.15, 0.2) is 5.43 Å². The van der Waals surface area contributed by atoms with Crippen LogP contribution in [0.2, 0.25) is 5.02 Å². The van der Waals surface area contributed by atoms with Crippen LogP contribution < -0.4 is 5.43 Å². The van der Waals surface area contributed by atoms with E-state index in [-0.39, 0.29) is 11.5 Å². The predicted molar refractivity (Wildman–Crippen MR) is 88.0 cm³/mol. The van der Waals surface area contributed by atoms with Gasteiger partial charge in [-0.1, -0.05) is 29.8 Å². The maximum atomic E-state index is 12.2. The van der Waals surface area contributed by atoms with E-state index in [0.717, 1.165) is 14.8 Å². The lowest BCUT2D eigenvalue weighted by Gasteiger charge is -2.01. The molecule has 0 bridgehead atoms. The first-order chi connectivity index (χ1) is 9.50. The normalized spacial score (nSPS) is 10.7. The third-order valence-electron chi connectivity index (χ3n) is 2.55. The van der Waals surface area contributed by atoms with Crippen LogP contribution in [-0.2, 0) is 0 Å². The maximum absolute atomic E-state index is 12.2. The molecule has 0 aliphatic heterocycles. The van der Waals surface area contributed by atoms with Crippen molar-refractivity contribution in [1.82, 2.24) is 0 Å². The zero-order valence-corrected chi connectivity index (χ0v) is 12.8. The molecule has 0 amide bonds. The average Bonchev–Trinajstić information content (AvgIpc) is 2.38. The van der Waals surface area contributed by atoms with Gasteiger partial charge in [-0.15, -0.1) is 11.3 Å². The van der Waals surface area contributed by atoms with Gasteiger partial charge in [-0.3, -0.25) is 4.79 Å². The van der Waals surface area contributed by atoms with E-state index in [2.05, 4.69) is 0 Å². The Morgan fingerprint density at radius 3 is 2.35 bits per heavy atom. The van der Waals surface area contributed by atoms with Gasteiger partial charge < -0.3 is 5.11 Å². The average molecular weight is 307 g/mol. The molecule has 104 valence electrons. The third-order valence-corrected chi connectivity index (χ3v) is 4.01. The number of aliphatic hydroxyl groups excluding tert-OH is 1. The fourth-order valence-electron chi connectivity index (χ4n) is 1.81. The van der Waals surface area contributed by atoms with E-state index in [9.17, 15) is 4.79 Å². The summed E-state index contributed by atoms with van der Waals surface area (Å²) in [5.74, 6) is 0. The topological polar surface area (TPSA) is 37.3 Å². The van der Waals surface area contributed by atoms with Crippen LogP contribution in [0.25, 0.3) is 20.2 Å². The lowest BCUT2D eigenvalue weighted by molar-refractivity contribution is 0.216. The van der Waals surface area contributed by atoms with Crippen LogP contribution in [0, 0.1) is 0 Å². The summed E-state index contributed by atoms with van der Waals surface area (Å²) in [5, 5.41) is 9.96. The van der Waals surface area contributed by atoms with Crippen molar-refractivity contribution >= 4 is 43.1 Å². The van der Waals surface area contributed by atoms with E-state index in [1.165, 1.54) is 0 Å². The van der Waals surface area contributed by atoms with Crippen molar-refractivity contribution in [2.24, 2.45) is 0 Å². The van der Waals surface area contributed by atoms with Crippen molar-refractivity contribution in [3.63, 3.8) is 0 Å². The zero-order chi connectivity index (χ0) is 14.7. The summed E-state index contributed by atoms with van der Waals surface area (Å²) in [4.78, 5) is 12.2. The molecule has 0 spiro atoms. The quantitative estimate of drug-likeness (QED) is 0.623. The van der Waals surface area contributed by atoms with Gasteiger partial charge in [-0.2, -0.15) is 0 Å². The van der Waals surface area contributed by atoms with E-state index in [1.54, 1.807) is 31.3 Å². The van der Waals surface area contributed by atoms with Gasteiger partial charge in [0, 0.05) is 20.9 Å². The predicted octanol–water partition coefficient (Wildman–Crippen LogP) is 4.46. The molecule has 20 heavy (non-hydrogen) atoms. The number of benzene rings is 2. The molecule has 0 aliphatic carbocycles. The molecule has 2 aromatic carbocycles. The van der Waals surface area contributed by atoms with Gasteiger partial charge in [0.05, 0.1) is 10.4 Å². The Labute approximate surface area is 126 Å². The molecule has 0 saturated carbocycles. The lowest BCUT2D eigenvalue weighted by Crippen LogP contribution is -2.01. The van der Waals surface area contributed by atoms with E-state index in [1.807, 2.05) is 36.4 Å². The summed E-state index contributed by atoms with van der Waals surface area (Å²) in [6.45, 7) is 3.44. The van der Waals surface area contributed by atoms with Crippen molar-refractivity contribution in [2.45, 2.75) is 20.0 Å². The van der Waals surface area contributed by atoms with Crippen LogP contribution in [0.15, 0.2) is 47.3 Å². The van der Waals surface area contributed by atoms with Crippen molar-refractivity contribution < 1.29 is 5.11 Å². The molecule has 0 saturated heterocycles. The number of hydrogen-bond acceptors (Lipinski definition) is 3. The molecular formula is C16H15ClO2S. The highest BCUT2D eigenvalue weighted by atomic mass is 35.5. The second-order valence-electron chi connectivity index (χ2n) is 4.63. The van der Waals surface area contributed by atoms with Crippen LogP contribution >= 0.6 is 22.9 Å². The first-order valence-corrected chi connectivity index (χ1v) is 7.48. The van der Waals surface area contributed by atoms with Gasteiger partial charge in [0.1, 0.15) is 0 Å². The van der Waals surface area contributed by atoms with Gasteiger partial charge in [0.25, 0.3) is 0 Å². The second kappa shape index (κ2) is 6.35. The SMILES string of the molecule is CC(C)O.O=c1c2ccccc2sc2cccc(Cl)c12. The summed E-state index contributed by atoms with van der Waals surface area (Å²) < 4.78 is 1.94. The molecule has 0 radical (unpaired) electrons. The molecule has 1 N–H and O–H groups in total. The third kappa shape index (κ3) is 3.18. The first-order valence-electron chi connectivity index (χ1n) is 6.29. The fourth-order valence-corrected chi connectivity index (χ4v) is 3.23. The molecule has 0 unspecified atom stereocenters. The highest BCUT2D eigenvalue weighted by Gasteiger charge is 2.07. The molecule has 1 aromatic heterocycles. The Balaban J connectivity index is 0.000000328. The van der Waals surface area contributed by atoms with E-state index >= 15 is 0 Å². The van der Waals surface area contributed by atoms with Gasteiger partial charge in [-0.05, 0) is 38.1 Å². The van der Waals surface area contributed by atoms with Gasteiger partial charge in [-0.25, -0.2) is 0 Å². The summed E-state index contributed by atoms with van der Waals surface area (Å²) in [7, 11) is 0. The Kier molecular flexibility index (Phi) is 4.76. The first kappa shape index (κ1) is 15.0. The van der Waals surface area contributed by atoms with Crippen molar-refractivity contribution in [1.29, 1.82) is 0 Å². The molecule has 0 fully saturated rings. The Morgan fingerprint density at radius 1 is 1.05 bits per heavy atom. The van der Waals surface area contributed by atoms with Crippen molar-refractivity contribution in [2.75, 3.05) is 0 Å². The summed E-state index contributed by atoms with van der Waals surface area (Å²) >= 11 is 7.66. The smallest absolute Gasteiger partial charge is 0.197 e. The molecule has 2 nitrogen and oxygen atoms in total. The van der Waals surface area contributed by atoms with E-state index < -0.39 is 0 Å². The van der Waals surface area contributed by atoms with Crippen LogP contribution in [0.4, 0.5) is 0 Å². The highest BCUT2D eigenvalue weighted by molar-refractivity contribution is 7.24. The second-order valence-corrected chi connectivity index (χ2v) is 6.13. The molecule has 0 atom stereocenters. The van der Waals surface area contributed by atoms with E-state index in [4.69, 9.17) is 16.7 Å². The maximum Gasteiger partial charge on any atom is 0.197 e. The minimum absolute atomic E-state index is 0.0231. The Hall–Kier alpha value is -1.42. The van der Waals surface area contributed by atoms with Crippen LogP contribution in [-0.4, -0.2) is 11.2 Å². The number of aliphatic hydroxyl groups is 1. The van der Waals surface area contributed by atoms with Gasteiger partial charge in [0.2, 0.25) is 0 Å². The molecule has 3 rings (SSSR count). The van der Waals surface area contributed by atoms with Crippen LogP contribution in [0.5, 0.6) is 0 Å². The fraction of sp³-hybridized carbons (Fsp3) is 0.188. The zero-order valence-electron chi connectivity index (χ0n) is 11.3. The minimum Gasteiger partial charge on any atom is -0.394 e. The molecular weight excluding hydrogens is 292 g/mol. The largest absolute Gasteiger partial charge is 0.394 e. The van der Waals surface area contributed by atoms with Gasteiger partial charge >= 0.3 is 0 Å². The summed E-state index contributed by atoms with van der Waals surface area (Å²) in [6.07, 6.45) is -0.167. The number of hydrogen-bond donors (Lipinski definition) is 1. The minimum atomic E-state index is -0.167.